The maximum absolute atomic E-state index is 13.4. The molecule has 1 unspecified atom stereocenters. The fourth-order valence-electron chi connectivity index (χ4n) is 6.27. The maximum atomic E-state index is 13.4. The smallest absolute Gasteiger partial charge is 0.407 e. The summed E-state index contributed by atoms with van der Waals surface area (Å²) >= 11 is 0. The third kappa shape index (κ3) is 6.48. The standard InChI is InChI=1S/C33H42N8O5/c1-4-39(33(43)44)21-24-18-34-19-26(22(24)2)23-8-9-28-25(17-23)30(37-41(28)29-7-5-6-15-46-29)31-35-20-27(36-31)32(42)40-12-10-38(11-13-40)14-16-45-3/h8-9,17-20,29H,4-7,10-16,21H2,1-3H3,(H,35,36)(H,43,44). The molecule has 2 amide bonds. The molecule has 2 aliphatic heterocycles. The van der Waals surface area contributed by atoms with Gasteiger partial charge in [0.2, 0.25) is 0 Å². The SMILES string of the molecule is CCN(Cc1cncc(-c2ccc3c(c2)c(-c2ncc(C(=O)N4CCN(CCOC)CC4)[nH]2)nn3C2CCCCO2)c1C)C(=O)O. The van der Waals surface area contributed by atoms with E-state index in [1.165, 1.54) is 4.90 Å². The van der Waals surface area contributed by atoms with E-state index in [9.17, 15) is 14.7 Å². The molecule has 2 N–H and O–H groups in total. The van der Waals surface area contributed by atoms with Gasteiger partial charge in [-0.3, -0.25) is 14.7 Å². The molecule has 0 saturated carbocycles. The Kier molecular flexibility index (Phi) is 9.61. The third-order valence-corrected chi connectivity index (χ3v) is 9.08. The number of amides is 2. The van der Waals surface area contributed by atoms with E-state index in [1.807, 2.05) is 41.8 Å². The summed E-state index contributed by atoms with van der Waals surface area (Å²) in [7, 11) is 1.70. The Hall–Kier alpha value is -4.33. The Morgan fingerprint density at radius 3 is 2.70 bits per heavy atom. The predicted molar refractivity (Wildman–Crippen MR) is 172 cm³/mol. The Morgan fingerprint density at radius 2 is 1.98 bits per heavy atom. The zero-order valence-electron chi connectivity index (χ0n) is 26.7. The summed E-state index contributed by atoms with van der Waals surface area (Å²) in [5.41, 5.74) is 5.63. The predicted octanol–water partition coefficient (Wildman–Crippen LogP) is 4.40. The van der Waals surface area contributed by atoms with Crippen LogP contribution in [-0.4, -0.2) is 116 Å². The van der Waals surface area contributed by atoms with Gasteiger partial charge in [0.15, 0.2) is 12.1 Å². The minimum absolute atomic E-state index is 0.0776. The number of nitrogens with zero attached hydrogens (tertiary/aromatic N) is 7. The molecule has 2 fully saturated rings. The summed E-state index contributed by atoms with van der Waals surface area (Å²) in [5.74, 6) is 0.439. The van der Waals surface area contributed by atoms with Crippen LogP contribution in [0.3, 0.4) is 0 Å². The van der Waals surface area contributed by atoms with Gasteiger partial charge in [-0.25, -0.2) is 14.5 Å². The van der Waals surface area contributed by atoms with Crippen molar-refractivity contribution >= 4 is 22.9 Å². The van der Waals surface area contributed by atoms with Gasteiger partial charge in [0.05, 0.1) is 24.9 Å². The van der Waals surface area contributed by atoms with Crippen LogP contribution in [0.15, 0.2) is 36.8 Å². The number of aromatic nitrogens is 5. The number of H-pyrrole nitrogens is 1. The van der Waals surface area contributed by atoms with Crippen LogP contribution < -0.4 is 0 Å². The molecule has 0 aliphatic carbocycles. The minimum Gasteiger partial charge on any atom is -0.465 e. The zero-order valence-corrected chi connectivity index (χ0v) is 26.7. The average molecular weight is 631 g/mol. The second-order valence-electron chi connectivity index (χ2n) is 11.9. The first-order valence-corrected chi connectivity index (χ1v) is 16.0. The fourth-order valence-corrected chi connectivity index (χ4v) is 6.27. The van der Waals surface area contributed by atoms with E-state index in [0.717, 1.165) is 72.1 Å². The highest BCUT2D eigenvalue weighted by molar-refractivity contribution is 5.97. The summed E-state index contributed by atoms with van der Waals surface area (Å²) in [5, 5.41) is 15.5. The summed E-state index contributed by atoms with van der Waals surface area (Å²) in [6.45, 7) is 9.57. The molecule has 244 valence electrons. The van der Waals surface area contributed by atoms with E-state index in [2.05, 4.69) is 25.9 Å². The van der Waals surface area contributed by atoms with E-state index in [1.54, 1.807) is 19.5 Å². The zero-order chi connectivity index (χ0) is 32.2. The summed E-state index contributed by atoms with van der Waals surface area (Å²) in [6, 6.07) is 6.15. The van der Waals surface area contributed by atoms with Crippen molar-refractivity contribution in [3.05, 3.63) is 53.6 Å². The van der Waals surface area contributed by atoms with Crippen molar-refractivity contribution in [1.82, 2.24) is 39.4 Å². The first kappa shape index (κ1) is 31.6. The van der Waals surface area contributed by atoms with Crippen molar-refractivity contribution in [3.8, 4) is 22.6 Å². The van der Waals surface area contributed by atoms with E-state index in [0.29, 0.717) is 50.1 Å². The normalized spacial score (nSPS) is 17.5. The lowest BCUT2D eigenvalue weighted by atomic mass is 9.97. The van der Waals surface area contributed by atoms with Gasteiger partial charge in [0.25, 0.3) is 5.91 Å². The largest absolute Gasteiger partial charge is 0.465 e. The monoisotopic (exact) mass is 630 g/mol. The van der Waals surface area contributed by atoms with Gasteiger partial charge in [0, 0.05) is 76.3 Å². The van der Waals surface area contributed by atoms with Crippen molar-refractivity contribution in [2.24, 2.45) is 0 Å². The van der Waals surface area contributed by atoms with Crippen LogP contribution in [0, 0.1) is 6.92 Å². The second kappa shape index (κ2) is 14.0. The quantitative estimate of drug-likeness (QED) is 0.261. The molecule has 5 heterocycles. The molecule has 46 heavy (non-hydrogen) atoms. The lowest BCUT2D eigenvalue weighted by Gasteiger charge is -2.34. The summed E-state index contributed by atoms with van der Waals surface area (Å²) < 4.78 is 13.3. The van der Waals surface area contributed by atoms with Crippen molar-refractivity contribution in [3.63, 3.8) is 0 Å². The number of carbonyl (C=O) groups is 2. The van der Waals surface area contributed by atoms with Crippen LogP contribution in [0.1, 0.15) is 54.0 Å². The molecule has 6 rings (SSSR count). The number of imidazole rings is 1. The number of benzene rings is 1. The highest BCUT2D eigenvalue weighted by Crippen LogP contribution is 2.35. The van der Waals surface area contributed by atoms with Crippen molar-refractivity contribution < 1.29 is 24.2 Å². The van der Waals surface area contributed by atoms with Gasteiger partial charge in [-0.1, -0.05) is 6.07 Å². The number of hydrogen-bond acceptors (Lipinski definition) is 8. The number of hydrogen-bond donors (Lipinski definition) is 2. The lowest BCUT2D eigenvalue weighted by molar-refractivity contribution is -0.0365. The number of aromatic amines is 1. The van der Waals surface area contributed by atoms with Crippen LogP contribution in [0.2, 0.25) is 0 Å². The number of piperazine rings is 1. The molecule has 13 nitrogen and oxygen atoms in total. The highest BCUT2D eigenvalue weighted by atomic mass is 16.5. The molecule has 0 radical (unpaired) electrons. The van der Waals surface area contributed by atoms with Crippen LogP contribution in [-0.2, 0) is 16.0 Å². The fraction of sp³-hybridized carbons (Fsp3) is 0.485. The Morgan fingerprint density at radius 1 is 1.15 bits per heavy atom. The van der Waals surface area contributed by atoms with E-state index < -0.39 is 6.09 Å². The average Bonchev–Trinajstić information content (AvgIpc) is 3.72. The molecular formula is C33H42N8O5. The molecule has 0 bridgehead atoms. The summed E-state index contributed by atoms with van der Waals surface area (Å²) in [4.78, 5) is 43.0. The number of ether oxygens (including phenoxy) is 2. The molecule has 13 heteroatoms. The maximum Gasteiger partial charge on any atom is 0.407 e. The van der Waals surface area contributed by atoms with Gasteiger partial charge in [-0.2, -0.15) is 5.10 Å². The first-order valence-electron chi connectivity index (χ1n) is 16.0. The van der Waals surface area contributed by atoms with Crippen molar-refractivity contribution in [2.75, 3.05) is 59.6 Å². The lowest BCUT2D eigenvalue weighted by Crippen LogP contribution is -2.49. The topological polar surface area (TPSA) is 142 Å². The molecular weight excluding hydrogens is 588 g/mol. The highest BCUT2D eigenvalue weighted by Gasteiger charge is 2.27. The van der Waals surface area contributed by atoms with Gasteiger partial charge < -0.3 is 29.4 Å². The number of pyridine rings is 1. The van der Waals surface area contributed by atoms with Gasteiger partial charge in [-0.15, -0.1) is 0 Å². The summed E-state index contributed by atoms with van der Waals surface area (Å²) in [6.07, 6.45) is 6.93. The number of carbonyl (C=O) groups excluding carboxylic acids is 1. The molecule has 4 aromatic rings. The first-order chi connectivity index (χ1) is 22.4. The molecule has 2 aliphatic rings. The van der Waals surface area contributed by atoms with E-state index in [4.69, 9.17) is 14.6 Å². The van der Waals surface area contributed by atoms with Gasteiger partial charge in [-0.05, 0) is 61.9 Å². The van der Waals surface area contributed by atoms with Crippen molar-refractivity contribution in [2.45, 2.75) is 45.9 Å². The van der Waals surface area contributed by atoms with Crippen LogP contribution >= 0.6 is 0 Å². The molecule has 1 aromatic carbocycles. The Balaban J connectivity index is 1.33. The number of rotatable bonds is 10. The molecule has 0 spiro atoms. The van der Waals surface area contributed by atoms with Crippen LogP contribution in [0.4, 0.5) is 4.79 Å². The minimum atomic E-state index is -0.962. The van der Waals surface area contributed by atoms with Gasteiger partial charge in [0.1, 0.15) is 11.4 Å². The Bertz CT molecular complexity index is 1690. The van der Waals surface area contributed by atoms with Gasteiger partial charge >= 0.3 is 6.09 Å². The van der Waals surface area contributed by atoms with Crippen molar-refractivity contribution in [1.29, 1.82) is 0 Å². The van der Waals surface area contributed by atoms with Crippen LogP contribution in [0.25, 0.3) is 33.5 Å². The number of fused-ring (bicyclic) bond motifs is 1. The van der Waals surface area contributed by atoms with E-state index >= 15 is 0 Å². The third-order valence-electron chi connectivity index (χ3n) is 9.08. The number of nitrogens with one attached hydrogen (secondary N) is 1. The molecule has 2 saturated heterocycles. The Labute approximate surface area is 268 Å². The second-order valence-corrected chi connectivity index (χ2v) is 11.9. The van der Waals surface area contributed by atoms with Crippen LogP contribution in [0.5, 0.6) is 0 Å². The number of carboxylic acid groups (broad SMARTS) is 1. The molecule has 3 aromatic heterocycles. The van der Waals surface area contributed by atoms with E-state index in [-0.39, 0.29) is 18.7 Å². The number of methoxy groups -OCH3 is 1. The molecule has 1 atom stereocenters.